The first-order valence-corrected chi connectivity index (χ1v) is 5.02. The van der Waals surface area contributed by atoms with Gasteiger partial charge in [0.05, 0.1) is 7.11 Å². The Bertz CT molecular complexity index is 176. The van der Waals surface area contributed by atoms with Crippen molar-refractivity contribution >= 4 is 5.97 Å². The van der Waals surface area contributed by atoms with Crippen LogP contribution in [0.5, 0.6) is 0 Å². The van der Waals surface area contributed by atoms with E-state index >= 15 is 0 Å². The van der Waals surface area contributed by atoms with Gasteiger partial charge in [-0.15, -0.1) is 0 Å². The third-order valence-corrected chi connectivity index (χ3v) is 2.88. The molecule has 0 saturated heterocycles. The normalized spacial score (nSPS) is 19.2. The van der Waals surface area contributed by atoms with E-state index in [1.165, 1.54) is 13.5 Å². The smallest absolute Gasteiger partial charge is 0.305 e. The Morgan fingerprint density at radius 1 is 1.46 bits per heavy atom. The zero-order valence-corrected chi connectivity index (χ0v) is 8.34. The quantitative estimate of drug-likeness (QED) is 0.523. The first kappa shape index (κ1) is 10.5. The molecule has 76 valence electrons. The monoisotopic (exact) mass is 185 g/mol. The SMILES string of the molecule is COC(=O)CCCCC1(N)CCC1. The van der Waals surface area contributed by atoms with Crippen molar-refractivity contribution in [3.8, 4) is 0 Å². The van der Waals surface area contributed by atoms with Crippen LogP contribution in [0.15, 0.2) is 0 Å². The molecule has 0 radical (unpaired) electrons. The molecule has 3 heteroatoms. The van der Waals surface area contributed by atoms with Crippen LogP contribution in [0.2, 0.25) is 0 Å². The molecule has 0 heterocycles. The molecule has 1 saturated carbocycles. The molecule has 1 aliphatic rings. The summed E-state index contributed by atoms with van der Waals surface area (Å²) in [5.74, 6) is -0.111. The van der Waals surface area contributed by atoms with Gasteiger partial charge in [-0.2, -0.15) is 0 Å². The van der Waals surface area contributed by atoms with Gasteiger partial charge in [-0.05, 0) is 32.1 Å². The van der Waals surface area contributed by atoms with Crippen molar-refractivity contribution < 1.29 is 9.53 Å². The number of carbonyl (C=O) groups is 1. The van der Waals surface area contributed by atoms with Crippen LogP contribution in [0, 0.1) is 0 Å². The molecule has 0 bridgehead atoms. The fourth-order valence-electron chi connectivity index (χ4n) is 1.73. The number of hydrogen-bond acceptors (Lipinski definition) is 3. The molecule has 3 nitrogen and oxygen atoms in total. The Kier molecular flexibility index (Phi) is 3.72. The topological polar surface area (TPSA) is 52.3 Å². The fourth-order valence-corrected chi connectivity index (χ4v) is 1.73. The Morgan fingerprint density at radius 3 is 2.62 bits per heavy atom. The third kappa shape index (κ3) is 3.35. The van der Waals surface area contributed by atoms with Gasteiger partial charge < -0.3 is 10.5 Å². The maximum absolute atomic E-state index is 10.8. The van der Waals surface area contributed by atoms with Gasteiger partial charge >= 0.3 is 5.97 Å². The van der Waals surface area contributed by atoms with Gasteiger partial charge in [0.25, 0.3) is 0 Å². The largest absolute Gasteiger partial charge is 0.469 e. The van der Waals surface area contributed by atoms with Crippen molar-refractivity contribution in [3.05, 3.63) is 0 Å². The second-order valence-corrected chi connectivity index (χ2v) is 4.00. The zero-order chi connectivity index (χ0) is 9.73. The van der Waals surface area contributed by atoms with Crippen molar-refractivity contribution in [3.63, 3.8) is 0 Å². The van der Waals surface area contributed by atoms with Crippen LogP contribution in [0.4, 0.5) is 0 Å². The standard InChI is InChI=1S/C10H19NO2/c1-13-9(12)5-2-3-6-10(11)7-4-8-10/h2-8,11H2,1H3. The molecule has 13 heavy (non-hydrogen) atoms. The number of ether oxygens (including phenoxy) is 1. The van der Waals surface area contributed by atoms with Crippen molar-refractivity contribution in [1.82, 2.24) is 0 Å². The number of carbonyl (C=O) groups excluding carboxylic acids is 1. The van der Waals surface area contributed by atoms with Gasteiger partial charge in [0, 0.05) is 12.0 Å². The molecule has 0 aromatic rings. The fraction of sp³-hybridized carbons (Fsp3) is 0.900. The highest BCUT2D eigenvalue weighted by atomic mass is 16.5. The summed E-state index contributed by atoms with van der Waals surface area (Å²) in [6, 6.07) is 0. The van der Waals surface area contributed by atoms with Crippen molar-refractivity contribution in [2.75, 3.05) is 7.11 Å². The number of methoxy groups -OCH3 is 1. The van der Waals surface area contributed by atoms with Gasteiger partial charge in [0.15, 0.2) is 0 Å². The lowest BCUT2D eigenvalue weighted by Gasteiger charge is -2.38. The van der Waals surface area contributed by atoms with E-state index in [-0.39, 0.29) is 11.5 Å². The van der Waals surface area contributed by atoms with E-state index < -0.39 is 0 Å². The highest BCUT2D eigenvalue weighted by Crippen LogP contribution is 2.33. The van der Waals surface area contributed by atoms with Crippen LogP contribution in [0.25, 0.3) is 0 Å². The van der Waals surface area contributed by atoms with Crippen LogP contribution >= 0.6 is 0 Å². The number of esters is 1. The molecular weight excluding hydrogens is 166 g/mol. The minimum absolute atomic E-state index is 0.107. The minimum Gasteiger partial charge on any atom is -0.469 e. The van der Waals surface area contributed by atoms with Gasteiger partial charge in [0.1, 0.15) is 0 Å². The predicted octanol–water partition coefficient (Wildman–Crippen LogP) is 1.60. The summed E-state index contributed by atoms with van der Waals surface area (Å²) in [7, 11) is 1.43. The molecule has 0 unspecified atom stereocenters. The lowest BCUT2D eigenvalue weighted by Crippen LogP contribution is -2.46. The molecule has 0 amide bonds. The zero-order valence-electron chi connectivity index (χ0n) is 8.34. The average molecular weight is 185 g/mol. The number of hydrogen-bond donors (Lipinski definition) is 1. The molecule has 1 rings (SSSR count). The Hall–Kier alpha value is -0.570. The highest BCUT2D eigenvalue weighted by Gasteiger charge is 2.31. The molecule has 2 N–H and O–H groups in total. The van der Waals surface area contributed by atoms with Crippen LogP contribution in [-0.4, -0.2) is 18.6 Å². The van der Waals surface area contributed by atoms with Gasteiger partial charge in [-0.25, -0.2) is 0 Å². The Labute approximate surface area is 79.6 Å². The first-order chi connectivity index (χ1) is 6.16. The molecule has 1 aliphatic carbocycles. The lowest BCUT2D eigenvalue weighted by molar-refractivity contribution is -0.140. The first-order valence-electron chi connectivity index (χ1n) is 5.02. The van der Waals surface area contributed by atoms with Crippen LogP contribution in [-0.2, 0) is 9.53 Å². The lowest BCUT2D eigenvalue weighted by atomic mass is 9.74. The number of rotatable bonds is 5. The van der Waals surface area contributed by atoms with E-state index in [2.05, 4.69) is 4.74 Å². The van der Waals surface area contributed by atoms with Crippen molar-refractivity contribution in [1.29, 1.82) is 0 Å². The van der Waals surface area contributed by atoms with Gasteiger partial charge in [-0.3, -0.25) is 4.79 Å². The van der Waals surface area contributed by atoms with Gasteiger partial charge in [0.2, 0.25) is 0 Å². The van der Waals surface area contributed by atoms with E-state index in [4.69, 9.17) is 5.73 Å². The highest BCUT2D eigenvalue weighted by molar-refractivity contribution is 5.68. The van der Waals surface area contributed by atoms with E-state index in [1.807, 2.05) is 0 Å². The van der Waals surface area contributed by atoms with Crippen LogP contribution < -0.4 is 5.73 Å². The molecule has 1 fully saturated rings. The molecule has 0 spiro atoms. The van der Waals surface area contributed by atoms with E-state index in [9.17, 15) is 4.79 Å². The van der Waals surface area contributed by atoms with E-state index in [1.54, 1.807) is 0 Å². The molecule has 0 aliphatic heterocycles. The molecule has 0 atom stereocenters. The third-order valence-electron chi connectivity index (χ3n) is 2.88. The number of nitrogens with two attached hydrogens (primary N) is 1. The summed E-state index contributed by atoms with van der Waals surface area (Å²) >= 11 is 0. The van der Waals surface area contributed by atoms with Crippen LogP contribution in [0.3, 0.4) is 0 Å². The summed E-state index contributed by atoms with van der Waals surface area (Å²) in [4.78, 5) is 10.8. The van der Waals surface area contributed by atoms with Crippen LogP contribution in [0.1, 0.15) is 44.9 Å². The summed E-state index contributed by atoms with van der Waals surface area (Å²) in [5, 5.41) is 0. The summed E-state index contributed by atoms with van der Waals surface area (Å²) in [6.45, 7) is 0. The summed E-state index contributed by atoms with van der Waals surface area (Å²) < 4.78 is 4.55. The second kappa shape index (κ2) is 4.61. The minimum atomic E-state index is -0.111. The molecule has 0 aromatic heterocycles. The van der Waals surface area contributed by atoms with E-state index in [0.29, 0.717) is 6.42 Å². The van der Waals surface area contributed by atoms with Crippen molar-refractivity contribution in [2.24, 2.45) is 5.73 Å². The Balaban J connectivity index is 1.98. The number of unbranched alkanes of at least 4 members (excludes halogenated alkanes) is 1. The summed E-state index contributed by atoms with van der Waals surface area (Å²) in [5.41, 5.74) is 6.14. The predicted molar refractivity (Wildman–Crippen MR) is 51.3 cm³/mol. The van der Waals surface area contributed by atoms with Gasteiger partial charge in [-0.1, -0.05) is 6.42 Å². The van der Waals surface area contributed by atoms with E-state index in [0.717, 1.165) is 32.1 Å². The average Bonchev–Trinajstić information content (AvgIpc) is 2.09. The van der Waals surface area contributed by atoms with Crippen molar-refractivity contribution in [2.45, 2.75) is 50.5 Å². The maximum Gasteiger partial charge on any atom is 0.305 e. The Morgan fingerprint density at radius 2 is 2.15 bits per heavy atom. The summed E-state index contributed by atoms with van der Waals surface area (Å²) in [6.07, 6.45) is 7.14. The molecule has 0 aromatic carbocycles. The molecular formula is C10H19NO2. The second-order valence-electron chi connectivity index (χ2n) is 4.00. The maximum atomic E-state index is 10.8.